The molecule has 2 rings (SSSR count). The number of hydrogen-bond donors (Lipinski definition) is 1. The Morgan fingerprint density at radius 1 is 1.53 bits per heavy atom. The molecule has 4 heteroatoms. The van der Waals surface area contributed by atoms with Crippen LogP contribution in [0.15, 0.2) is 18.2 Å². The quantitative estimate of drug-likeness (QED) is 0.920. The van der Waals surface area contributed by atoms with Crippen LogP contribution >= 0.6 is 11.8 Å². The Bertz CT molecular complexity index is 425. The van der Waals surface area contributed by atoms with Crippen molar-refractivity contribution in [2.75, 3.05) is 23.7 Å². The summed E-state index contributed by atoms with van der Waals surface area (Å²) in [5, 5.41) is 0.602. The normalized spacial score (nSPS) is 21.5. The average molecular weight is 282 g/mol. The van der Waals surface area contributed by atoms with Gasteiger partial charge in [-0.1, -0.05) is 19.9 Å². The van der Waals surface area contributed by atoms with Crippen molar-refractivity contribution in [3.8, 4) is 0 Å². The molecule has 0 spiro atoms. The van der Waals surface area contributed by atoms with Crippen LogP contribution in [0.3, 0.4) is 0 Å². The monoisotopic (exact) mass is 282 g/mol. The van der Waals surface area contributed by atoms with Crippen LogP contribution in [-0.2, 0) is 6.42 Å². The van der Waals surface area contributed by atoms with Gasteiger partial charge in [0.1, 0.15) is 5.82 Å². The van der Waals surface area contributed by atoms with Crippen LogP contribution in [0.1, 0.15) is 25.8 Å². The average Bonchev–Trinajstić information content (AvgIpc) is 2.40. The molecule has 1 aliphatic heterocycles. The zero-order valence-electron chi connectivity index (χ0n) is 11.7. The molecule has 1 aromatic carbocycles. The fourth-order valence-corrected chi connectivity index (χ4v) is 3.50. The van der Waals surface area contributed by atoms with Gasteiger partial charge in [-0.05, 0) is 25.0 Å². The molecule has 0 amide bonds. The van der Waals surface area contributed by atoms with Gasteiger partial charge >= 0.3 is 0 Å². The van der Waals surface area contributed by atoms with Crippen molar-refractivity contribution in [2.24, 2.45) is 5.73 Å². The molecule has 2 atom stereocenters. The van der Waals surface area contributed by atoms with Gasteiger partial charge in [0, 0.05) is 41.4 Å². The first-order valence-corrected chi connectivity index (χ1v) is 8.06. The van der Waals surface area contributed by atoms with Crippen molar-refractivity contribution >= 4 is 17.4 Å². The van der Waals surface area contributed by atoms with Crippen LogP contribution in [0.2, 0.25) is 0 Å². The SMILES string of the molecule is CCC(N)Cc1c(F)cccc1N1CCSC(C)C1. The number of halogens is 1. The number of nitrogens with two attached hydrogens (primary N) is 1. The van der Waals surface area contributed by atoms with Crippen molar-refractivity contribution in [1.29, 1.82) is 0 Å². The Kier molecular flexibility index (Phi) is 5.11. The van der Waals surface area contributed by atoms with E-state index in [0.717, 1.165) is 36.5 Å². The standard InChI is InChI=1S/C15H23FN2S/c1-3-12(17)9-13-14(16)5-4-6-15(13)18-7-8-19-11(2)10-18/h4-6,11-12H,3,7-10,17H2,1-2H3. The Labute approximate surface area is 119 Å². The van der Waals surface area contributed by atoms with Crippen molar-refractivity contribution < 1.29 is 4.39 Å². The molecule has 0 bridgehead atoms. The zero-order valence-corrected chi connectivity index (χ0v) is 12.5. The molecule has 0 aromatic heterocycles. The highest BCUT2D eigenvalue weighted by Crippen LogP contribution is 2.29. The molecular weight excluding hydrogens is 259 g/mol. The van der Waals surface area contributed by atoms with Gasteiger partial charge in [0.15, 0.2) is 0 Å². The number of nitrogens with zero attached hydrogens (tertiary/aromatic N) is 1. The lowest BCUT2D eigenvalue weighted by molar-refractivity contribution is 0.576. The number of thioether (sulfide) groups is 1. The van der Waals surface area contributed by atoms with Gasteiger partial charge in [-0.15, -0.1) is 0 Å². The molecule has 1 saturated heterocycles. The minimum Gasteiger partial charge on any atom is -0.369 e. The van der Waals surface area contributed by atoms with Crippen LogP contribution in [0.5, 0.6) is 0 Å². The third kappa shape index (κ3) is 3.63. The van der Waals surface area contributed by atoms with E-state index in [4.69, 9.17) is 5.73 Å². The van der Waals surface area contributed by atoms with Crippen LogP contribution < -0.4 is 10.6 Å². The van der Waals surface area contributed by atoms with E-state index in [9.17, 15) is 4.39 Å². The van der Waals surface area contributed by atoms with Crippen molar-refractivity contribution in [3.05, 3.63) is 29.6 Å². The van der Waals surface area contributed by atoms with Gasteiger partial charge in [-0.2, -0.15) is 11.8 Å². The minimum atomic E-state index is -0.118. The van der Waals surface area contributed by atoms with E-state index in [2.05, 4.69) is 11.8 Å². The molecule has 0 radical (unpaired) electrons. The predicted molar refractivity (Wildman–Crippen MR) is 82.5 cm³/mol. The van der Waals surface area contributed by atoms with E-state index in [1.165, 1.54) is 0 Å². The molecule has 106 valence electrons. The molecule has 2 nitrogen and oxygen atoms in total. The second-order valence-electron chi connectivity index (χ2n) is 5.24. The first-order chi connectivity index (χ1) is 9.11. The predicted octanol–water partition coefficient (Wildman–Crippen LogP) is 3.05. The highest BCUT2D eigenvalue weighted by atomic mass is 32.2. The first-order valence-electron chi connectivity index (χ1n) is 7.01. The fraction of sp³-hybridized carbons (Fsp3) is 0.600. The maximum atomic E-state index is 14.1. The highest BCUT2D eigenvalue weighted by Gasteiger charge is 2.21. The molecule has 1 aromatic rings. The lowest BCUT2D eigenvalue weighted by Crippen LogP contribution is -2.37. The number of rotatable bonds is 4. The van der Waals surface area contributed by atoms with E-state index in [-0.39, 0.29) is 11.9 Å². The van der Waals surface area contributed by atoms with Crippen molar-refractivity contribution in [1.82, 2.24) is 0 Å². The van der Waals surface area contributed by atoms with E-state index >= 15 is 0 Å². The maximum Gasteiger partial charge on any atom is 0.128 e. The Hall–Kier alpha value is -0.740. The molecule has 0 saturated carbocycles. The van der Waals surface area contributed by atoms with Gasteiger partial charge in [-0.3, -0.25) is 0 Å². The van der Waals surface area contributed by atoms with Gasteiger partial charge in [0.25, 0.3) is 0 Å². The summed E-state index contributed by atoms with van der Waals surface area (Å²) in [6.07, 6.45) is 1.50. The molecule has 19 heavy (non-hydrogen) atoms. The van der Waals surface area contributed by atoms with Crippen LogP contribution in [0.25, 0.3) is 0 Å². The molecule has 1 aliphatic rings. The second-order valence-corrected chi connectivity index (χ2v) is 6.78. The highest BCUT2D eigenvalue weighted by molar-refractivity contribution is 8.00. The first kappa shape index (κ1) is 14.7. The summed E-state index contributed by atoms with van der Waals surface area (Å²) in [5.41, 5.74) is 7.84. The van der Waals surface area contributed by atoms with Gasteiger partial charge < -0.3 is 10.6 Å². The number of hydrogen-bond acceptors (Lipinski definition) is 3. The van der Waals surface area contributed by atoms with Crippen LogP contribution in [-0.4, -0.2) is 30.1 Å². The molecule has 1 heterocycles. The van der Waals surface area contributed by atoms with Gasteiger partial charge in [-0.25, -0.2) is 4.39 Å². The summed E-state index contributed by atoms with van der Waals surface area (Å²) in [6.45, 7) is 6.26. The third-order valence-electron chi connectivity index (χ3n) is 3.67. The molecule has 1 fully saturated rings. The molecule has 2 N–H and O–H groups in total. The largest absolute Gasteiger partial charge is 0.369 e. The summed E-state index contributed by atoms with van der Waals surface area (Å²) in [5.74, 6) is 0.990. The van der Waals surface area contributed by atoms with E-state index < -0.39 is 0 Å². The van der Waals surface area contributed by atoms with E-state index in [1.54, 1.807) is 12.1 Å². The van der Waals surface area contributed by atoms with Gasteiger partial charge in [0.2, 0.25) is 0 Å². The van der Waals surface area contributed by atoms with E-state index in [1.807, 2.05) is 24.8 Å². The lowest BCUT2D eigenvalue weighted by Gasteiger charge is -2.34. The summed E-state index contributed by atoms with van der Waals surface area (Å²) in [6, 6.07) is 5.41. The fourth-order valence-electron chi connectivity index (χ4n) is 2.49. The molecule has 0 aliphatic carbocycles. The Balaban J connectivity index is 2.25. The van der Waals surface area contributed by atoms with Crippen molar-refractivity contribution in [3.63, 3.8) is 0 Å². The zero-order chi connectivity index (χ0) is 13.8. The second kappa shape index (κ2) is 6.62. The molecular formula is C15H23FN2S. The summed E-state index contributed by atoms with van der Waals surface area (Å²) in [7, 11) is 0. The van der Waals surface area contributed by atoms with Crippen molar-refractivity contribution in [2.45, 2.75) is 38.0 Å². The topological polar surface area (TPSA) is 29.3 Å². The Morgan fingerprint density at radius 3 is 3.00 bits per heavy atom. The van der Waals surface area contributed by atoms with Crippen LogP contribution in [0, 0.1) is 5.82 Å². The van der Waals surface area contributed by atoms with Gasteiger partial charge in [0.05, 0.1) is 0 Å². The Morgan fingerprint density at radius 2 is 2.32 bits per heavy atom. The maximum absolute atomic E-state index is 14.1. The summed E-state index contributed by atoms with van der Waals surface area (Å²) in [4.78, 5) is 2.31. The minimum absolute atomic E-state index is 0.0345. The number of anilines is 1. The third-order valence-corrected chi connectivity index (χ3v) is 4.80. The van der Waals surface area contributed by atoms with Crippen LogP contribution in [0.4, 0.5) is 10.1 Å². The number of benzene rings is 1. The van der Waals surface area contributed by atoms with E-state index in [0.29, 0.717) is 11.7 Å². The smallest absolute Gasteiger partial charge is 0.128 e. The molecule has 2 unspecified atom stereocenters. The lowest BCUT2D eigenvalue weighted by atomic mass is 10.0. The summed E-state index contributed by atoms with van der Waals surface area (Å²) < 4.78 is 14.1. The summed E-state index contributed by atoms with van der Waals surface area (Å²) >= 11 is 1.98.